The van der Waals surface area contributed by atoms with Crippen LogP contribution in [0.25, 0.3) is 22.6 Å². The summed E-state index contributed by atoms with van der Waals surface area (Å²) >= 11 is 0. The molecule has 3 rings (SSSR count). The van der Waals surface area contributed by atoms with E-state index in [2.05, 4.69) is 4.98 Å². The molecule has 0 aliphatic rings. The average Bonchev–Trinajstić information content (AvgIpc) is 3.23. The number of carbonyl (C=O) groups excluding carboxylic acids is 1. The normalized spacial score (nSPS) is 11.6. The number of aliphatic carboxylic acids is 2. The largest absolute Gasteiger partial charge is 0.748 e. The molecule has 3 aromatic rings. The third kappa shape index (κ3) is 13.2. The Kier molecular flexibility index (Phi) is 11.8. The highest BCUT2D eigenvalue weighted by molar-refractivity contribution is 7.85. The van der Waals surface area contributed by atoms with Gasteiger partial charge in [0, 0.05) is 42.4 Å². The molecule has 0 aliphatic carbocycles. The predicted octanol–water partition coefficient (Wildman–Crippen LogP) is 1.18. The van der Waals surface area contributed by atoms with Gasteiger partial charge >= 0.3 is 5.97 Å². The molecule has 13 heteroatoms. The first-order valence-electron chi connectivity index (χ1n) is 12.4. The maximum Gasteiger partial charge on any atom is 0.303 e. The van der Waals surface area contributed by atoms with E-state index in [-0.39, 0.29) is 26.0 Å². The first kappa shape index (κ1) is 31.7. The third-order valence-electron chi connectivity index (χ3n) is 5.22. The summed E-state index contributed by atoms with van der Waals surface area (Å²) in [5, 5.41) is 18.5. The second kappa shape index (κ2) is 14.6. The number of unbranched alkanes of at least 4 members (excludes halogenated alkanes) is 2. The van der Waals surface area contributed by atoms with Crippen LogP contribution in [0.3, 0.4) is 0 Å². The van der Waals surface area contributed by atoms with Gasteiger partial charge in [0.2, 0.25) is 5.89 Å². The summed E-state index contributed by atoms with van der Waals surface area (Å²) in [7, 11) is 1.17. The molecule has 0 unspecified atom stereocenters. The van der Waals surface area contributed by atoms with Gasteiger partial charge in [0.1, 0.15) is 24.4 Å². The van der Waals surface area contributed by atoms with Gasteiger partial charge in [-0.2, -0.15) is 0 Å². The van der Waals surface area contributed by atoms with Gasteiger partial charge in [-0.05, 0) is 31.4 Å². The van der Waals surface area contributed by atoms with E-state index in [0.29, 0.717) is 33.6 Å². The van der Waals surface area contributed by atoms with E-state index in [0.717, 1.165) is 24.9 Å². The maximum absolute atomic E-state index is 10.6. The molecular formula is C26H35N3O9S. The van der Waals surface area contributed by atoms with Crippen molar-refractivity contribution in [2.45, 2.75) is 38.6 Å². The van der Waals surface area contributed by atoms with Crippen molar-refractivity contribution in [1.82, 2.24) is 4.98 Å². The van der Waals surface area contributed by atoms with Crippen LogP contribution in [0.4, 0.5) is 0 Å². The molecule has 0 spiro atoms. The van der Waals surface area contributed by atoms with Gasteiger partial charge in [0.15, 0.2) is 18.0 Å². The SMILES string of the molecule is C[N+](C)(C)CC(=O)[O-].O=C(O)CCCCC[n+]1ccc(-c2nc3ccc(OCCCS(=O)(=O)[O-])cc3o2)cc1. The number of aryl methyl sites for hydroxylation is 1. The van der Waals surface area contributed by atoms with Crippen molar-refractivity contribution < 1.29 is 51.0 Å². The first-order chi connectivity index (χ1) is 18.2. The number of quaternary nitrogens is 1. The molecule has 0 aliphatic heterocycles. The number of hydrogen-bond acceptors (Lipinski definition) is 9. The number of carboxylic acids is 2. The molecule has 0 bridgehead atoms. The van der Waals surface area contributed by atoms with Crippen molar-refractivity contribution in [3.05, 3.63) is 42.7 Å². The first-order valence-corrected chi connectivity index (χ1v) is 14.0. The van der Waals surface area contributed by atoms with Crippen molar-refractivity contribution in [2.75, 3.05) is 40.0 Å². The fourth-order valence-corrected chi connectivity index (χ4v) is 3.90. The average molecular weight is 566 g/mol. The van der Waals surface area contributed by atoms with Crippen LogP contribution >= 0.6 is 0 Å². The monoisotopic (exact) mass is 565 g/mol. The van der Waals surface area contributed by atoms with Crippen molar-refractivity contribution in [3.8, 4) is 17.2 Å². The summed E-state index contributed by atoms with van der Waals surface area (Å²) in [5.74, 6) is -1.25. The number of fused-ring (bicyclic) bond motifs is 1. The van der Waals surface area contributed by atoms with Crippen molar-refractivity contribution in [3.63, 3.8) is 0 Å². The highest BCUT2D eigenvalue weighted by Gasteiger charge is 2.11. The highest BCUT2D eigenvalue weighted by Crippen LogP contribution is 2.26. The molecule has 2 heterocycles. The zero-order valence-corrected chi connectivity index (χ0v) is 23.2. The number of rotatable bonds is 14. The summed E-state index contributed by atoms with van der Waals surface area (Å²) in [6, 6.07) is 8.95. The highest BCUT2D eigenvalue weighted by atomic mass is 32.2. The van der Waals surface area contributed by atoms with E-state index < -0.39 is 27.8 Å². The number of nitrogens with zero attached hydrogens (tertiary/aromatic N) is 3. The van der Waals surface area contributed by atoms with Crippen LogP contribution in [0.1, 0.15) is 32.1 Å². The quantitative estimate of drug-likeness (QED) is 0.129. The number of aromatic nitrogens is 2. The van der Waals surface area contributed by atoms with Crippen LogP contribution in [0.15, 0.2) is 47.1 Å². The predicted molar refractivity (Wildman–Crippen MR) is 138 cm³/mol. The van der Waals surface area contributed by atoms with Gasteiger partial charge in [0.25, 0.3) is 0 Å². The molecule has 0 fully saturated rings. The molecule has 0 saturated carbocycles. The smallest absolute Gasteiger partial charge is 0.303 e. The second-order valence-corrected chi connectivity index (χ2v) is 11.5. The minimum Gasteiger partial charge on any atom is -0.748 e. The summed E-state index contributed by atoms with van der Waals surface area (Å²) in [4.78, 5) is 24.9. The van der Waals surface area contributed by atoms with Crippen molar-refractivity contribution in [2.24, 2.45) is 0 Å². The number of benzene rings is 1. The number of oxazole rings is 1. The summed E-state index contributed by atoms with van der Waals surface area (Å²) in [6.45, 7) is 0.991. The molecule has 39 heavy (non-hydrogen) atoms. The zero-order valence-electron chi connectivity index (χ0n) is 22.4. The van der Waals surface area contributed by atoms with Gasteiger partial charge in [0.05, 0.1) is 43.8 Å². The Labute approximate surface area is 227 Å². The second-order valence-electron chi connectivity index (χ2n) is 9.96. The van der Waals surface area contributed by atoms with Crippen LogP contribution in [0.5, 0.6) is 5.75 Å². The number of hydrogen-bond donors (Lipinski definition) is 1. The van der Waals surface area contributed by atoms with Crippen LogP contribution < -0.4 is 14.4 Å². The molecule has 0 amide bonds. The van der Waals surface area contributed by atoms with Gasteiger partial charge in [-0.25, -0.2) is 18.0 Å². The summed E-state index contributed by atoms with van der Waals surface area (Å²) in [5.41, 5.74) is 2.03. The Hall–Kier alpha value is -3.55. The van der Waals surface area contributed by atoms with E-state index in [1.54, 1.807) is 39.3 Å². The van der Waals surface area contributed by atoms with Gasteiger partial charge in [-0.3, -0.25) is 4.79 Å². The van der Waals surface area contributed by atoms with E-state index >= 15 is 0 Å². The number of carbonyl (C=O) groups is 2. The van der Waals surface area contributed by atoms with E-state index in [1.807, 2.05) is 29.1 Å². The summed E-state index contributed by atoms with van der Waals surface area (Å²) < 4.78 is 45.6. The molecule has 0 atom stereocenters. The molecule has 12 nitrogen and oxygen atoms in total. The number of ether oxygens (including phenoxy) is 1. The number of likely N-dealkylation sites (N-methyl/N-ethyl adjacent to an activating group) is 1. The molecule has 2 aromatic heterocycles. The standard InChI is InChI=1S/C21H24N2O7S.C5H11NO2/c24-20(25)5-2-1-3-10-23-11-8-16(9-12-23)21-22-18-7-6-17(15-19(18)30-21)29-13-4-14-31(26,27)28;1-6(2,3)4-5(7)8/h6-9,11-12,15H,1-5,10,13-14H2,(H-,24,25,26,27,28);4H2,1-3H3. The minimum atomic E-state index is -4.24. The molecule has 1 N–H and O–H groups in total. The van der Waals surface area contributed by atoms with Gasteiger partial charge in [-0.15, -0.1) is 0 Å². The summed E-state index contributed by atoms with van der Waals surface area (Å²) in [6.07, 6.45) is 6.64. The van der Waals surface area contributed by atoms with Crippen molar-refractivity contribution in [1.29, 1.82) is 0 Å². The Balaban J connectivity index is 0.000000580. The molecule has 214 valence electrons. The number of carboxylic acid groups (broad SMARTS) is 2. The van der Waals surface area contributed by atoms with Crippen LogP contribution in [0.2, 0.25) is 0 Å². The topological polar surface area (TPSA) is 174 Å². The maximum atomic E-state index is 10.6. The zero-order chi connectivity index (χ0) is 29.1. The lowest BCUT2D eigenvalue weighted by atomic mass is 10.2. The Morgan fingerprint density at radius 1 is 1.08 bits per heavy atom. The Bertz CT molecular complexity index is 1330. The third-order valence-corrected chi connectivity index (χ3v) is 6.00. The van der Waals surface area contributed by atoms with Crippen LogP contribution in [0, 0.1) is 0 Å². The minimum absolute atomic E-state index is 0.0694. The van der Waals surface area contributed by atoms with Crippen LogP contribution in [-0.4, -0.2) is 79.5 Å². The van der Waals surface area contributed by atoms with Crippen LogP contribution in [-0.2, 0) is 26.3 Å². The Morgan fingerprint density at radius 3 is 2.33 bits per heavy atom. The van der Waals surface area contributed by atoms with E-state index in [9.17, 15) is 27.7 Å². The lowest BCUT2D eigenvalue weighted by Crippen LogP contribution is -2.45. The lowest BCUT2D eigenvalue weighted by Gasteiger charge is -2.23. The lowest BCUT2D eigenvalue weighted by molar-refractivity contribution is -0.864. The van der Waals surface area contributed by atoms with E-state index in [1.165, 1.54) is 0 Å². The molecule has 1 aromatic carbocycles. The van der Waals surface area contributed by atoms with Gasteiger partial charge < -0.3 is 33.2 Å². The van der Waals surface area contributed by atoms with Crippen molar-refractivity contribution >= 4 is 33.2 Å². The number of pyridine rings is 1. The fourth-order valence-electron chi connectivity index (χ4n) is 3.43. The molecule has 0 radical (unpaired) electrons. The van der Waals surface area contributed by atoms with Gasteiger partial charge in [-0.1, -0.05) is 0 Å². The Morgan fingerprint density at radius 2 is 1.77 bits per heavy atom. The molecular weight excluding hydrogens is 530 g/mol. The van der Waals surface area contributed by atoms with E-state index in [4.69, 9.17) is 14.3 Å². The molecule has 0 saturated heterocycles. The fraction of sp³-hybridized carbons (Fsp3) is 0.462.